The number of ether oxygens (including phenoxy) is 2. The summed E-state index contributed by atoms with van der Waals surface area (Å²) >= 11 is 0. The average Bonchev–Trinajstić information content (AvgIpc) is 4.07. The van der Waals surface area contributed by atoms with Crippen LogP contribution in [-0.2, 0) is 38.7 Å². The van der Waals surface area contributed by atoms with Gasteiger partial charge >= 0.3 is 6.09 Å². The number of hydrogen-bond donors (Lipinski definition) is 2. The first kappa shape index (κ1) is 41.6. The lowest BCUT2D eigenvalue weighted by Gasteiger charge is -2.37. The van der Waals surface area contributed by atoms with Crippen LogP contribution in [0.5, 0.6) is 0 Å². The fourth-order valence-corrected chi connectivity index (χ4v) is 13.4. The highest BCUT2D eigenvalue weighted by Crippen LogP contribution is 2.88. The number of likely N-dealkylation sites (tertiary alicyclic amines) is 1. The smallest absolute Gasteiger partial charge is 0.408 e. The second-order valence-corrected chi connectivity index (χ2v) is 22.4. The summed E-state index contributed by atoms with van der Waals surface area (Å²) in [5, 5.41) is 2.40. The molecule has 3 amide bonds. The summed E-state index contributed by atoms with van der Waals surface area (Å²) < 4.78 is 39.2. The van der Waals surface area contributed by atoms with E-state index in [-0.39, 0.29) is 64.5 Å². The largest absolute Gasteiger partial charge is 0.446 e. The number of hydrogen-bond acceptors (Lipinski definition) is 9. The fourth-order valence-electron chi connectivity index (χ4n) is 12.1. The monoisotopic (exact) mass is 801 g/mol. The molecule has 7 rings (SSSR count). The van der Waals surface area contributed by atoms with Crippen molar-refractivity contribution >= 4 is 39.5 Å². The summed E-state index contributed by atoms with van der Waals surface area (Å²) in [5.41, 5.74) is -2.05. The standard InChI is InChI=1S/C43H67N3O9S/c1-7-28-23-41(28,37(50)45-56(52,53)30-14-15-30)25-34(48)32-24-43(40(5,6)42(43)18-11-19-42)26-46(32)36(49)31(39(2,3)4)22-33(47)35(27-12-9-8-10-13-27)44-38(51)55-29-16-20-54-21-17-29/h27-32,35H,7-26H2,1-6H3,(H,44,51)(H,45,50)/t28-,31-,32+,35+,41-,43-/m1/s1. The van der Waals surface area contributed by atoms with Crippen LogP contribution in [0.15, 0.2) is 0 Å². The summed E-state index contributed by atoms with van der Waals surface area (Å²) in [4.78, 5) is 73.3. The number of amides is 3. The van der Waals surface area contributed by atoms with E-state index in [1.165, 1.54) is 0 Å². The van der Waals surface area contributed by atoms with E-state index in [1.807, 2.05) is 27.7 Å². The van der Waals surface area contributed by atoms with Crippen molar-refractivity contribution in [3.8, 4) is 0 Å². The predicted molar refractivity (Wildman–Crippen MR) is 210 cm³/mol. The Morgan fingerprint density at radius 2 is 1.55 bits per heavy atom. The molecule has 0 unspecified atom stereocenters. The number of carbonyl (C=O) groups is 5. The molecular formula is C43H67N3O9S. The van der Waals surface area contributed by atoms with Crippen LogP contribution in [0.25, 0.3) is 0 Å². The highest BCUT2D eigenvalue weighted by atomic mass is 32.2. The van der Waals surface area contributed by atoms with Crippen LogP contribution >= 0.6 is 0 Å². The number of nitrogens with one attached hydrogen (secondary N) is 2. The van der Waals surface area contributed by atoms with Gasteiger partial charge in [0.25, 0.3) is 0 Å². The zero-order chi connectivity index (χ0) is 40.5. The molecule has 0 radical (unpaired) electrons. The molecule has 5 aliphatic carbocycles. The van der Waals surface area contributed by atoms with Gasteiger partial charge in [-0.2, -0.15) is 0 Å². The van der Waals surface area contributed by atoms with E-state index in [9.17, 15) is 27.6 Å². The first-order valence-corrected chi connectivity index (χ1v) is 23.3. The van der Waals surface area contributed by atoms with Crippen molar-refractivity contribution in [2.24, 2.45) is 44.8 Å². The van der Waals surface area contributed by atoms with Gasteiger partial charge in [-0.15, -0.1) is 0 Å². The number of nitrogens with zero attached hydrogens (tertiary/aromatic N) is 1. The highest BCUT2D eigenvalue weighted by Gasteiger charge is 2.85. The normalized spacial score (nSPS) is 32.3. The maximum absolute atomic E-state index is 15.2. The van der Waals surface area contributed by atoms with Crippen molar-refractivity contribution in [1.29, 1.82) is 0 Å². The summed E-state index contributed by atoms with van der Waals surface area (Å²) in [6.07, 6.45) is 10.6. The topological polar surface area (TPSA) is 165 Å². The summed E-state index contributed by atoms with van der Waals surface area (Å²) in [6.45, 7) is 13.8. The first-order chi connectivity index (χ1) is 26.3. The highest BCUT2D eigenvalue weighted by molar-refractivity contribution is 7.90. The van der Waals surface area contributed by atoms with Crippen LogP contribution in [-0.4, -0.2) is 86.0 Å². The van der Waals surface area contributed by atoms with Crippen LogP contribution < -0.4 is 10.0 Å². The third kappa shape index (κ3) is 7.25. The lowest BCUT2D eigenvalue weighted by molar-refractivity contribution is -0.146. The van der Waals surface area contributed by atoms with Gasteiger partial charge in [-0.1, -0.05) is 73.6 Å². The summed E-state index contributed by atoms with van der Waals surface area (Å²) in [5.74, 6) is -2.14. The Labute approximate surface area is 334 Å². The molecule has 12 nitrogen and oxygen atoms in total. The van der Waals surface area contributed by atoms with E-state index in [0.717, 1.165) is 51.4 Å². The van der Waals surface area contributed by atoms with Gasteiger partial charge in [0, 0.05) is 43.6 Å². The molecule has 0 aromatic carbocycles. The van der Waals surface area contributed by atoms with Gasteiger partial charge in [0.1, 0.15) is 6.10 Å². The van der Waals surface area contributed by atoms with Crippen LogP contribution in [0, 0.1) is 44.8 Å². The molecule has 2 N–H and O–H groups in total. The van der Waals surface area contributed by atoms with Gasteiger partial charge in [-0.05, 0) is 79.4 Å². The van der Waals surface area contributed by atoms with E-state index in [0.29, 0.717) is 64.7 Å². The second-order valence-electron chi connectivity index (χ2n) is 20.4. The molecule has 0 bridgehead atoms. The Balaban J connectivity index is 1.14. The third-order valence-corrected chi connectivity index (χ3v) is 18.1. The Kier molecular flexibility index (Phi) is 11.1. The van der Waals surface area contributed by atoms with Gasteiger partial charge in [0.15, 0.2) is 11.6 Å². The van der Waals surface area contributed by atoms with E-state index in [2.05, 4.69) is 23.9 Å². The minimum absolute atomic E-state index is 0.0420. The van der Waals surface area contributed by atoms with Gasteiger partial charge in [-0.25, -0.2) is 13.2 Å². The molecule has 6 atom stereocenters. The SMILES string of the molecule is CC[C@@H]1C[C@]1(CC(=O)[C@@H]1C[C@@]2(CN1C(=O)[C@@H](CC(=O)[C@@H](NC(=O)OC1CCOCC1)C1CCCCC1)C(C)(C)C)C(C)(C)C21CCC1)C(=O)NS(=O)(=O)C1CC1. The molecule has 0 aromatic heterocycles. The van der Waals surface area contributed by atoms with Crippen LogP contribution in [0.1, 0.15) is 151 Å². The predicted octanol–water partition coefficient (Wildman–Crippen LogP) is 6.24. The van der Waals surface area contributed by atoms with Crippen LogP contribution in [0.4, 0.5) is 4.79 Å². The number of rotatable bonds is 14. The molecule has 2 saturated heterocycles. The van der Waals surface area contributed by atoms with Crippen molar-refractivity contribution in [3.63, 3.8) is 0 Å². The van der Waals surface area contributed by atoms with E-state index >= 15 is 4.79 Å². The maximum Gasteiger partial charge on any atom is 0.408 e. The van der Waals surface area contributed by atoms with Crippen LogP contribution in [0.2, 0.25) is 0 Å². The number of carbonyl (C=O) groups excluding carboxylic acids is 5. The number of ketones is 2. The molecule has 314 valence electrons. The third-order valence-electron chi connectivity index (χ3n) is 16.3. The van der Waals surface area contributed by atoms with Gasteiger partial charge in [-0.3, -0.25) is 23.9 Å². The number of Topliss-reactive ketones (excluding diaryl/α,β-unsaturated/α-hetero) is 2. The van der Waals surface area contributed by atoms with E-state index in [1.54, 1.807) is 4.90 Å². The molecular weight excluding hydrogens is 735 g/mol. The maximum atomic E-state index is 15.2. The molecule has 0 aromatic rings. The minimum atomic E-state index is -3.79. The Morgan fingerprint density at radius 3 is 2.09 bits per heavy atom. The molecule has 7 fully saturated rings. The molecule has 5 saturated carbocycles. The second kappa shape index (κ2) is 14.9. The van der Waals surface area contributed by atoms with Gasteiger partial charge < -0.3 is 19.7 Å². The quantitative estimate of drug-likeness (QED) is 0.207. The summed E-state index contributed by atoms with van der Waals surface area (Å²) in [6, 6.07) is -1.55. The Bertz CT molecular complexity index is 1680. The molecule has 7 aliphatic rings. The van der Waals surface area contributed by atoms with E-state index < -0.39 is 56.1 Å². The lowest BCUT2D eigenvalue weighted by atomic mass is 9.73. The minimum Gasteiger partial charge on any atom is -0.446 e. The Morgan fingerprint density at radius 1 is 0.893 bits per heavy atom. The first-order valence-electron chi connectivity index (χ1n) is 21.8. The summed E-state index contributed by atoms with van der Waals surface area (Å²) in [7, 11) is -3.79. The van der Waals surface area contributed by atoms with Crippen molar-refractivity contribution in [2.75, 3.05) is 19.8 Å². The average molecular weight is 802 g/mol. The molecule has 2 spiro atoms. The van der Waals surface area contributed by atoms with Crippen molar-refractivity contribution in [1.82, 2.24) is 14.9 Å². The molecule has 56 heavy (non-hydrogen) atoms. The molecule has 13 heteroatoms. The Hall–Kier alpha value is -2.54. The van der Waals surface area contributed by atoms with Gasteiger partial charge in [0.05, 0.1) is 36.0 Å². The zero-order valence-corrected chi connectivity index (χ0v) is 35.5. The molecule has 2 aliphatic heterocycles. The van der Waals surface area contributed by atoms with Gasteiger partial charge in [0.2, 0.25) is 21.8 Å². The van der Waals surface area contributed by atoms with Crippen molar-refractivity contribution in [2.45, 2.75) is 174 Å². The zero-order valence-electron chi connectivity index (χ0n) is 34.7. The van der Waals surface area contributed by atoms with Crippen molar-refractivity contribution in [3.05, 3.63) is 0 Å². The van der Waals surface area contributed by atoms with Crippen molar-refractivity contribution < 1.29 is 41.9 Å². The lowest BCUT2D eigenvalue weighted by Crippen LogP contribution is -2.51. The fraction of sp³-hybridized carbons (Fsp3) is 0.884. The van der Waals surface area contributed by atoms with Crippen LogP contribution in [0.3, 0.4) is 0 Å². The number of alkyl carbamates (subject to hydrolysis) is 1. The number of sulfonamides is 1. The molecule has 2 heterocycles. The number of fused-ring (bicyclic) bond motifs is 1. The van der Waals surface area contributed by atoms with E-state index in [4.69, 9.17) is 9.47 Å².